The van der Waals surface area contributed by atoms with Gasteiger partial charge in [0.15, 0.2) is 0 Å². The summed E-state index contributed by atoms with van der Waals surface area (Å²) in [7, 11) is 0. The van der Waals surface area contributed by atoms with E-state index in [0.717, 1.165) is 0 Å². The summed E-state index contributed by atoms with van der Waals surface area (Å²) in [5.74, 6) is 0. The average Bonchev–Trinajstić information content (AvgIpc) is 1.00. The van der Waals surface area contributed by atoms with E-state index in [1.165, 1.54) is 0 Å². The van der Waals surface area contributed by atoms with Gasteiger partial charge in [-0.05, 0) is 0 Å². The summed E-state index contributed by atoms with van der Waals surface area (Å²) < 4.78 is 0. The summed E-state index contributed by atoms with van der Waals surface area (Å²) in [6.45, 7) is 5.00. The van der Waals surface area contributed by atoms with Crippen LogP contribution in [0.5, 0.6) is 0 Å². The normalized spacial score (nSPS) is 1.20. The SMILES string of the molecule is [CH2-]C.[CH3-].[NH2-].[V]. The Kier molecular flexibility index (Phi) is 1850. The van der Waals surface area contributed by atoms with Gasteiger partial charge in [0, 0.05) is 18.6 Å². The van der Waals surface area contributed by atoms with Gasteiger partial charge in [0.1, 0.15) is 0 Å². The minimum absolute atomic E-state index is 0. The molecule has 0 amide bonds. The second kappa shape index (κ2) is 193. The van der Waals surface area contributed by atoms with Crippen molar-refractivity contribution in [2.45, 2.75) is 6.92 Å². The van der Waals surface area contributed by atoms with Gasteiger partial charge in [-0.15, -0.1) is 0 Å². The van der Waals surface area contributed by atoms with Crippen LogP contribution in [0.25, 0.3) is 6.15 Å². The number of nitrogens with two attached hydrogens (primary N) is 1. The molecule has 0 bridgehead atoms. The molecule has 0 saturated heterocycles. The van der Waals surface area contributed by atoms with Crippen LogP contribution in [0.15, 0.2) is 0 Å². The number of hydrogen-bond donors (Lipinski definition) is 0. The summed E-state index contributed by atoms with van der Waals surface area (Å²) in [4.78, 5) is 0. The van der Waals surface area contributed by atoms with Gasteiger partial charge in [-0.3, -0.25) is 0 Å². The molecule has 1 radical (unpaired) electrons. The van der Waals surface area contributed by atoms with E-state index in [0.29, 0.717) is 0 Å². The third-order valence-electron chi connectivity index (χ3n) is 0. The van der Waals surface area contributed by atoms with Crippen molar-refractivity contribution < 1.29 is 18.6 Å². The van der Waals surface area contributed by atoms with Gasteiger partial charge in [0.25, 0.3) is 0 Å². The van der Waals surface area contributed by atoms with Crippen LogP contribution in [0.3, 0.4) is 0 Å². The van der Waals surface area contributed by atoms with Crippen molar-refractivity contribution in [1.82, 2.24) is 0 Å². The van der Waals surface area contributed by atoms with E-state index in [9.17, 15) is 0 Å². The summed E-state index contributed by atoms with van der Waals surface area (Å²) in [5, 5.41) is 0. The quantitative estimate of drug-likeness (QED) is 0.428. The number of rotatable bonds is 0. The first-order valence-electron chi connectivity index (χ1n) is 0.707. The minimum atomic E-state index is 0. The van der Waals surface area contributed by atoms with E-state index in [1.807, 2.05) is 0 Å². The molecule has 0 aromatic heterocycles. The van der Waals surface area contributed by atoms with Gasteiger partial charge in [0.05, 0.1) is 0 Å². The van der Waals surface area contributed by atoms with E-state index in [-0.39, 0.29) is 32.1 Å². The molecule has 5 heavy (non-hydrogen) atoms. The van der Waals surface area contributed by atoms with Crippen LogP contribution in [0.4, 0.5) is 0 Å². The van der Waals surface area contributed by atoms with Crippen molar-refractivity contribution in [3.8, 4) is 0 Å². The van der Waals surface area contributed by atoms with Crippen molar-refractivity contribution >= 4 is 0 Å². The fourth-order valence-electron chi connectivity index (χ4n) is 0. The predicted octanol–water partition coefficient (Wildman–Crippen LogP) is 2.01. The van der Waals surface area contributed by atoms with E-state index in [2.05, 4.69) is 6.92 Å². The molecule has 0 aliphatic rings. The van der Waals surface area contributed by atoms with Crippen LogP contribution in [0.1, 0.15) is 6.92 Å². The standard InChI is InChI=1S/C2H5.CH3.H2N.V/c1-2;;;/h1H2,2H3;1H3;1H2;/q3*-1;. The van der Waals surface area contributed by atoms with Crippen molar-refractivity contribution in [2.24, 2.45) is 0 Å². The molecule has 0 heterocycles. The van der Waals surface area contributed by atoms with Crippen molar-refractivity contribution in [3.63, 3.8) is 0 Å². The average molecular weight is 111 g/mol. The smallest absolute Gasteiger partial charge is 0 e. The second-order valence-electron chi connectivity index (χ2n) is 0. The molecular formula is C3H10NV-3. The third-order valence-corrected chi connectivity index (χ3v) is 0. The second-order valence-corrected chi connectivity index (χ2v) is 0. The summed E-state index contributed by atoms with van der Waals surface area (Å²) in [6, 6.07) is 0. The van der Waals surface area contributed by atoms with Crippen LogP contribution in [-0.2, 0) is 18.6 Å². The maximum Gasteiger partial charge on any atom is 0 e. The molecule has 0 aliphatic carbocycles. The van der Waals surface area contributed by atoms with Crippen molar-refractivity contribution in [2.75, 3.05) is 0 Å². The zero-order valence-electron chi connectivity index (χ0n) is 3.73. The van der Waals surface area contributed by atoms with Gasteiger partial charge in [-0.1, -0.05) is 0 Å². The Balaban J connectivity index is -0.00000000167. The molecular weight excluding hydrogens is 101 g/mol. The molecule has 0 saturated carbocycles. The topological polar surface area (TPSA) is 33.5 Å². The first kappa shape index (κ1) is 48.0. The van der Waals surface area contributed by atoms with Gasteiger partial charge >= 0.3 is 0 Å². The largest absolute Gasteiger partial charge is 0.693 e. The predicted molar refractivity (Wildman–Crippen MR) is 22.7 cm³/mol. The minimum Gasteiger partial charge on any atom is -0.693 e. The Morgan fingerprint density at radius 1 is 1.20 bits per heavy atom. The fraction of sp³-hybridized carbons (Fsp3) is 0.333. The molecule has 1 nitrogen and oxygen atoms in total. The molecule has 0 spiro atoms. The van der Waals surface area contributed by atoms with E-state index < -0.39 is 0 Å². The maximum atomic E-state index is 3.25. The van der Waals surface area contributed by atoms with E-state index in [4.69, 9.17) is 0 Å². The zero-order chi connectivity index (χ0) is 2.00. The van der Waals surface area contributed by atoms with Crippen LogP contribution in [-0.4, -0.2) is 0 Å². The van der Waals surface area contributed by atoms with E-state index in [1.54, 1.807) is 6.92 Å². The molecule has 35 valence electrons. The number of hydrogen-bond acceptors (Lipinski definition) is 0. The monoisotopic (exact) mass is 111 g/mol. The molecule has 2 N–H and O–H groups in total. The van der Waals surface area contributed by atoms with Gasteiger partial charge in [0.2, 0.25) is 0 Å². The fourth-order valence-corrected chi connectivity index (χ4v) is 0. The molecule has 0 atom stereocenters. The Hall–Kier alpha value is 0.544. The zero-order valence-corrected chi connectivity index (χ0v) is 5.13. The molecule has 2 heteroatoms. The van der Waals surface area contributed by atoms with Gasteiger partial charge in [-0.25, -0.2) is 0 Å². The first-order chi connectivity index (χ1) is 1.00. The molecule has 0 unspecified atom stereocenters. The molecule has 0 aromatic carbocycles. The summed E-state index contributed by atoms with van der Waals surface area (Å²) in [5.41, 5.74) is 0. The molecule has 0 rings (SSSR count). The molecule has 0 aromatic rings. The Morgan fingerprint density at radius 3 is 1.20 bits per heavy atom. The summed E-state index contributed by atoms with van der Waals surface area (Å²) in [6.07, 6.45) is 0. The Bertz CT molecular complexity index is 6.85. The van der Waals surface area contributed by atoms with Crippen LogP contribution >= 0.6 is 0 Å². The van der Waals surface area contributed by atoms with Crippen LogP contribution < -0.4 is 0 Å². The maximum absolute atomic E-state index is 3.25. The molecule has 0 aliphatic heterocycles. The third kappa shape index (κ3) is 99.3. The van der Waals surface area contributed by atoms with Crippen molar-refractivity contribution in [3.05, 3.63) is 20.5 Å². The summed E-state index contributed by atoms with van der Waals surface area (Å²) >= 11 is 0. The van der Waals surface area contributed by atoms with Gasteiger partial charge < -0.3 is 20.5 Å². The van der Waals surface area contributed by atoms with E-state index >= 15 is 0 Å². The van der Waals surface area contributed by atoms with Crippen LogP contribution in [0, 0.1) is 14.4 Å². The Morgan fingerprint density at radius 2 is 1.20 bits per heavy atom. The van der Waals surface area contributed by atoms with Gasteiger partial charge in [-0.2, -0.15) is 6.92 Å². The van der Waals surface area contributed by atoms with Crippen molar-refractivity contribution in [1.29, 1.82) is 0 Å². The molecule has 0 fully saturated rings. The Labute approximate surface area is 46.6 Å². The first-order valence-corrected chi connectivity index (χ1v) is 0.707. The van der Waals surface area contributed by atoms with Crippen LogP contribution in [0.2, 0.25) is 0 Å².